The second-order valence-electron chi connectivity index (χ2n) is 5.02. The Morgan fingerprint density at radius 2 is 2.05 bits per heavy atom. The first-order valence-electron chi connectivity index (χ1n) is 6.46. The predicted octanol–water partition coefficient (Wildman–Crippen LogP) is -0.319. The van der Waals surface area contributed by atoms with E-state index in [1.54, 1.807) is 4.90 Å². The Morgan fingerprint density at radius 3 is 2.63 bits per heavy atom. The lowest BCUT2D eigenvalue weighted by Gasteiger charge is -2.38. The van der Waals surface area contributed by atoms with Crippen LogP contribution in [0.3, 0.4) is 0 Å². The number of nitrogens with one attached hydrogen (secondary N) is 1. The molecule has 0 aliphatic carbocycles. The maximum absolute atomic E-state index is 11.6. The van der Waals surface area contributed by atoms with Crippen LogP contribution < -0.4 is 5.32 Å². The molecule has 19 heavy (non-hydrogen) atoms. The molecule has 0 bridgehead atoms. The van der Waals surface area contributed by atoms with E-state index in [9.17, 15) is 9.59 Å². The molecule has 0 aromatic rings. The van der Waals surface area contributed by atoms with Gasteiger partial charge in [0.2, 0.25) is 0 Å². The van der Waals surface area contributed by atoms with Crippen LogP contribution in [0.15, 0.2) is 0 Å². The number of urea groups is 1. The van der Waals surface area contributed by atoms with Crippen molar-refractivity contribution in [1.82, 2.24) is 15.1 Å². The van der Waals surface area contributed by atoms with E-state index in [2.05, 4.69) is 5.32 Å². The molecule has 7 heteroatoms. The van der Waals surface area contributed by atoms with Crippen molar-refractivity contribution in [3.05, 3.63) is 0 Å². The summed E-state index contributed by atoms with van der Waals surface area (Å²) in [5.41, 5.74) is 0. The Bertz CT molecular complexity index is 303. The first kappa shape index (κ1) is 15.7. The Balaban J connectivity index is 1.96. The lowest BCUT2D eigenvalue weighted by atomic mass is 9.97. The molecular weight excluding hydrogens is 250 g/mol. The average molecular weight is 273 g/mol. The molecule has 2 amide bonds. The molecular formula is C12H23N3O4. The molecule has 1 aliphatic heterocycles. The molecule has 110 valence electrons. The van der Waals surface area contributed by atoms with Gasteiger partial charge in [-0.3, -0.25) is 4.79 Å². The van der Waals surface area contributed by atoms with Crippen molar-refractivity contribution in [2.45, 2.75) is 6.42 Å². The van der Waals surface area contributed by atoms with Crippen molar-refractivity contribution in [2.24, 2.45) is 5.92 Å². The Hall–Kier alpha value is -1.34. The Labute approximate surface area is 113 Å². The summed E-state index contributed by atoms with van der Waals surface area (Å²) in [6.07, 6.45) is 0.136. The number of amides is 2. The summed E-state index contributed by atoms with van der Waals surface area (Å²) in [5, 5.41) is 11.3. The van der Waals surface area contributed by atoms with Crippen LogP contribution in [0.25, 0.3) is 0 Å². The molecule has 0 saturated carbocycles. The molecule has 0 aromatic heterocycles. The molecule has 0 aromatic carbocycles. The highest BCUT2D eigenvalue weighted by Crippen LogP contribution is 2.18. The number of likely N-dealkylation sites (tertiary alicyclic amines) is 1. The van der Waals surface area contributed by atoms with Gasteiger partial charge in [0.1, 0.15) is 0 Å². The topological polar surface area (TPSA) is 82.1 Å². The van der Waals surface area contributed by atoms with Crippen LogP contribution in [-0.2, 0) is 9.53 Å². The lowest BCUT2D eigenvalue weighted by molar-refractivity contribution is -0.139. The SMILES string of the molecule is CN(C)CCOCCNC(=O)N1CC(CC(=O)O)C1. The van der Waals surface area contributed by atoms with Crippen molar-refractivity contribution in [3.8, 4) is 0 Å². The first-order valence-corrected chi connectivity index (χ1v) is 6.46. The number of carbonyl (C=O) groups excluding carboxylic acids is 1. The summed E-state index contributed by atoms with van der Waals surface area (Å²) in [4.78, 5) is 25.7. The number of nitrogens with zero attached hydrogens (tertiary/aromatic N) is 2. The van der Waals surface area contributed by atoms with Crippen molar-refractivity contribution < 1.29 is 19.4 Å². The van der Waals surface area contributed by atoms with Crippen LogP contribution in [-0.4, -0.2) is 80.4 Å². The van der Waals surface area contributed by atoms with Gasteiger partial charge in [-0.1, -0.05) is 0 Å². The second kappa shape index (κ2) is 7.96. The van der Waals surface area contributed by atoms with Gasteiger partial charge in [0.15, 0.2) is 0 Å². The summed E-state index contributed by atoms with van der Waals surface area (Å²) in [6, 6.07) is -0.141. The van der Waals surface area contributed by atoms with Crippen LogP contribution in [0.2, 0.25) is 0 Å². The van der Waals surface area contributed by atoms with E-state index in [1.807, 2.05) is 19.0 Å². The van der Waals surface area contributed by atoms with E-state index in [1.165, 1.54) is 0 Å². The average Bonchev–Trinajstić information content (AvgIpc) is 2.26. The molecule has 1 aliphatic rings. The van der Waals surface area contributed by atoms with Crippen molar-refractivity contribution in [1.29, 1.82) is 0 Å². The van der Waals surface area contributed by atoms with Gasteiger partial charge in [-0.2, -0.15) is 0 Å². The summed E-state index contributed by atoms with van der Waals surface area (Å²) in [5.74, 6) is -0.709. The maximum Gasteiger partial charge on any atom is 0.317 e. The number of likely N-dealkylation sites (N-methyl/N-ethyl adjacent to an activating group) is 1. The molecule has 2 N–H and O–H groups in total. The van der Waals surface area contributed by atoms with Gasteiger partial charge in [-0.25, -0.2) is 4.79 Å². The largest absolute Gasteiger partial charge is 0.481 e. The van der Waals surface area contributed by atoms with E-state index < -0.39 is 5.97 Å². The molecule has 7 nitrogen and oxygen atoms in total. The maximum atomic E-state index is 11.6. The zero-order valence-electron chi connectivity index (χ0n) is 11.6. The van der Waals surface area contributed by atoms with Crippen LogP contribution in [0, 0.1) is 5.92 Å². The number of ether oxygens (including phenoxy) is 1. The minimum atomic E-state index is -0.806. The number of carboxylic acid groups (broad SMARTS) is 1. The van der Waals surface area contributed by atoms with Gasteiger partial charge in [-0.05, 0) is 14.1 Å². The smallest absolute Gasteiger partial charge is 0.317 e. The number of rotatable bonds is 8. The second-order valence-corrected chi connectivity index (χ2v) is 5.02. The normalized spacial score (nSPS) is 15.4. The minimum absolute atomic E-state index is 0.0968. The Kier molecular flexibility index (Phi) is 6.58. The molecule has 0 atom stereocenters. The molecule has 1 fully saturated rings. The summed E-state index contributed by atoms with van der Waals surface area (Å²) < 4.78 is 5.35. The van der Waals surface area contributed by atoms with Gasteiger partial charge in [-0.15, -0.1) is 0 Å². The standard InChI is InChI=1S/C12H23N3O4/c1-14(2)4-6-19-5-3-13-12(18)15-8-10(9-15)7-11(16)17/h10H,3-9H2,1-2H3,(H,13,18)(H,16,17). The molecule has 0 spiro atoms. The fraction of sp³-hybridized carbons (Fsp3) is 0.833. The van der Waals surface area contributed by atoms with Gasteiger partial charge < -0.3 is 25.0 Å². The van der Waals surface area contributed by atoms with Gasteiger partial charge in [0.05, 0.1) is 19.6 Å². The van der Waals surface area contributed by atoms with E-state index in [0.717, 1.165) is 6.54 Å². The fourth-order valence-corrected chi connectivity index (χ4v) is 1.80. The van der Waals surface area contributed by atoms with E-state index in [-0.39, 0.29) is 18.4 Å². The zero-order chi connectivity index (χ0) is 14.3. The van der Waals surface area contributed by atoms with Gasteiger partial charge in [0, 0.05) is 32.1 Å². The molecule has 0 unspecified atom stereocenters. The van der Waals surface area contributed by atoms with Crippen molar-refractivity contribution in [2.75, 3.05) is 53.5 Å². The highest BCUT2D eigenvalue weighted by atomic mass is 16.5. The predicted molar refractivity (Wildman–Crippen MR) is 70.1 cm³/mol. The van der Waals surface area contributed by atoms with E-state index in [0.29, 0.717) is 32.8 Å². The van der Waals surface area contributed by atoms with Crippen LogP contribution >= 0.6 is 0 Å². The zero-order valence-corrected chi connectivity index (χ0v) is 11.6. The number of hydrogen-bond acceptors (Lipinski definition) is 4. The molecule has 1 heterocycles. The monoisotopic (exact) mass is 273 g/mol. The Morgan fingerprint density at radius 1 is 1.37 bits per heavy atom. The third-order valence-corrected chi connectivity index (χ3v) is 2.91. The molecule has 1 saturated heterocycles. The number of carbonyl (C=O) groups is 2. The minimum Gasteiger partial charge on any atom is -0.481 e. The quantitative estimate of drug-likeness (QED) is 0.592. The number of aliphatic carboxylic acids is 1. The number of carboxylic acids is 1. The molecule has 1 rings (SSSR count). The van der Waals surface area contributed by atoms with E-state index >= 15 is 0 Å². The van der Waals surface area contributed by atoms with Crippen molar-refractivity contribution in [3.63, 3.8) is 0 Å². The van der Waals surface area contributed by atoms with Crippen molar-refractivity contribution >= 4 is 12.0 Å². The lowest BCUT2D eigenvalue weighted by Crippen LogP contribution is -2.54. The van der Waals surface area contributed by atoms with Crippen LogP contribution in [0.5, 0.6) is 0 Å². The summed E-state index contributed by atoms with van der Waals surface area (Å²) in [7, 11) is 3.95. The molecule has 0 radical (unpaired) electrons. The van der Waals surface area contributed by atoms with Gasteiger partial charge >= 0.3 is 12.0 Å². The highest BCUT2D eigenvalue weighted by Gasteiger charge is 2.31. The summed E-state index contributed by atoms with van der Waals surface area (Å²) >= 11 is 0. The third-order valence-electron chi connectivity index (χ3n) is 2.91. The van der Waals surface area contributed by atoms with Gasteiger partial charge in [0.25, 0.3) is 0 Å². The van der Waals surface area contributed by atoms with E-state index in [4.69, 9.17) is 9.84 Å². The van der Waals surface area contributed by atoms with Crippen LogP contribution in [0.1, 0.15) is 6.42 Å². The fourth-order valence-electron chi connectivity index (χ4n) is 1.80. The third kappa shape index (κ3) is 6.40. The summed E-state index contributed by atoms with van der Waals surface area (Å²) in [6.45, 7) is 3.53. The highest BCUT2D eigenvalue weighted by molar-refractivity contribution is 5.75. The van der Waals surface area contributed by atoms with Crippen LogP contribution in [0.4, 0.5) is 4.79 Å². The number of hydrogen-bond donors (Lipinski definition) is 2. The first-order chi connectivity index (χ1) is 8.99.